The second kappa shape index (κ2) is 4.82. The van der Waals surface area contributed by atoms with E-state index in [4.69, 9.17) is 11.6 Å². The Morgan fingerprint density at radius 2 is 1.92 bits per heavy atom. The predicted octanol–water partition coefficient (Wildman–Crippen LogP) is 0.778. The third-order valence-corrected chi connectivity index (χ3v) is 2.66. The molecule has 4 heteroatoms. The number of nitrogens with zero attached hydrogens (tertiary/aromatic N) is 2. The Balaban J connectivity index is 2.36. The van der Waals surface area contributed by atoms with Crippen LogP contribution in [0.1, 0.15) is 13.8 Å². The van der Waals surface area contributed by atoms with Crippen LogP contribution in [0.3, 0.4) is 0 Å². The third-order valence-electron chi connectivity index (χ3n) is 2.47. The first kappa shape index (κ1) is 10.8. The largest absolute Gasteiger partial charge is 0.339 e. The molecule has 1 aliphatic heterocycles. The molecule has 1 atom stereocenters. The van der Waals surface area contributed by atoms with Crippen LogP contribution in [0, 0.1) is 0 Å². The fourth-order valence-electron chi connectivity index (χ4n) is 1.54. The van der Waals surface area contributed by atoms with Crippen LogP contribution in [-0.2, 0) is 4.79 Å². The van der Waals surface area contributed by atoms with Gasteiger partial charge in [-0.25, -0.2) is 0 Å². The molecule has 0 aliphatic carbocycles. The van der Waals surface area contributed by atoms with Crippen LogP contribution >= 0.6 is 11.6 Å². The molecule has 0 bridgehead atoms. The van der Waals surface area contributed by atoms with Crippen molar-refractivity contribution in [3.8, 4) is 0 Å². The third kappa shape index (κ3) is 2.85. The van der Waals surface area contributed by atoms with Crippen molar-refractivity contribution in [2.75, 3.05) is 32.7 Å². The van der Waals surface area contributed by atoms with E-state index in [-0.39, 0.29) is 11.3 Å². The van der Waals surface area contributed by atoms with Crippen LogP contribution in [0.15, 0.2) is 0 Å². The van der Waals surface area contributed by atoms with Gasteiger partial charge in [-0.3, -0.25) is 4.79 Å². The van der Waals surface area contributed by atoms with E-state index in [2.05, 4.69) is 11.8 Å². The number of carbonyl (C=O) groups excluding carboxylic acids is 1. The summed E-state index contributed by atoms with van der Waals surface area (Å²) in [5.41, 5.74) is 0. The maximum absolute atomic E-state index is 11.5. The van der Waals surface area contributed by atoms with Gasteiger partial charge in [0.1, 0.15) is 5.38 Å². The molecule has 0 aromatic heterocycles. The summed E-state index contributed by atoms with van der Waals surface area (Å²) >= 11 is 5.73. The maximum atomic E-state index is 11.5. The lowest BCUT2D eigenvalue weighted by Crippen LogP contribution is -2.50. The van der Waals surface area contributed by atoms with Gasteiger partial charge in [-0.05, 0) is 13.5 Å². The molecule has 1 fully saturated rings. The number of carbonyl (C=O) groups is 1. The normalized spacial score (nSPS) is 21.6. The molecule has 1 amide bonds. The molecule has 0 spiro atoms. The van der Waals surface area contributed by atoms with Crippen LogP contribution in [0.5, 0.6) is 0 Å². The first-order valence-electron chi connectivity index (χ1n) is 4.80. The first-order chi connectivity index (χ1) is 6.15. The van der Waals surface area contributed by atoms with Gasteiger partial charge >= 0.3 is 0 Å². The highest BCUT2D eigenvalue weighted by atomic mass is 35.5. The summed E-state index contributed by atoms with van der Waals surface area (Å²) in [5.74, 6) is 0.0671. The summed E-state index contributed by atoms with van der Waals surface area (Å²) in [4.78, 5) is 15.7. The average Bonchev–Trinajstić information content (AvgIpc) is 2.17. The van der Waals surface area contributed by atoms with Crippen molar-refractivity contribution >= 4 is 17.5 Å². The van der Waals surface area contributed by atoms with Gasteiger partial charge in [-0.2, -0.15) is 0 Å². The molecule has 0 aromatic carbocycles. The number of rotatable bonds is 2. The first-order valence-corrected chi connectivity index (χ1v) is 5.24. The van der Waals surface area contributed by atoms with Gasteiger partial charge < -0.3 is 9.80 Å². The van der Waals surface area contributed by atoms with E-state index < -0.39 is 0 Å². The van der Waals surface area contributed by atoms with E-state index in [9.17, 15) is 4.79 Å². The zero-order valence-electron chi connectivity index (χ0n) is 8.29. The standard InChI is InChI=1S/C9H17ClN2O/c1-3-11-4-6-12(7-5-11)9(13)8(2)10/h8H,3-7H2,1-2H3. The number of likely N-dealkylation sites (N-methyl/N-ethyl adjacent to an activating group) is 1. The van der Waals surface area contributed by atoms with Gasteiger partial charge in [0.15, 0.2) is 0 Å². The predicted molar refractivity (Wildman–Crippen MR) is 54.0 cm³/mol. The average molecular weight is 205 g/mol. The van der Waals surface area contributed by atoms with Crippen molar-refractivity contribution < 1.29 is 4.79 Å². The minimum Gasteiger partial charge on any atom is -0.339 e. The molecule has 1 rings (SSSR count). The molecular formula is C9H17ClN2O. The summed E-state index contributed by atoms with van der Waals surface area (Å²) in [6.07, 6.45) is 0. The van der Waals surface area contributed by atoms with Crippen molar-refractivity contribution in [3.05, 3.63) is 0 Å². The summed E-state index contributed by atoms with van der Waals surface area (Å²) in [6, 6.07) is 0. The molecule has 0 saturated carbocycles. The highest BCUT2D eigenvalue weighted by Crippen LogP contribution is 2.06. The minimum atomic E-state index is -0.381. The molecule has 0 aromatic rings. The smallest absolute Gasteiger partial charge is 0.240 e. The number of halogens is 1. The molecule has 76 valence electrons. The number of piperazine rings is 1. The lowest BCUT2D eigenvalue weighted by atomic mass is 10.3. The van der Waals surface area contributed by atoms with E-state index >= 15 is 0 Å². The molecule has 0 N–H and O–H groups in total. The quantitative estimate of drug-likeness (QED) is 0.621. The van der Waals surface area contributed by atoms with Crippen molar-refractivity contribution in [1.29, 1.82) is 0 Å². The molecule has 13 heavy (non-hydrogen) atoms. The van der Waals surface area contributed by atoms with Gasteiger partial charge in [-0.1, -0.05) is 6.92 Å². The number of alkyl halides is 1. The number of hydrogen-bond acceptors (Lipinski definition) is 2. The van der Waals surface area contributed by atoms with Crippen molar-refractivity contribution in [2.45, 2.75) is 19.2 Å². The van der Waals surface area contributed by atoms with Crippen molar-refractivity contribution in [2.24, 2.45) is 0 Å². The second-order valence-electron chi connectivity index (χ2n) is 3.38. The molecule has 3 nitrogen and oxygen atoms in total. The summed E-state index contributed by atoms with van der Waals surface area (Å²) in [6.45, 7) is 8.54. The summed E-state index contributed by atoms with van der Waals surface area (Å²) in [5, 5.41) is -0.381. The van der Waals surface area contributed by atoms with Gasteiger partial charge in [0.2, 0.25) is 5.91 Å². The lowest BCUT2D eigenvalue weighted by Gasteiger charge is -2.34. The minimum absolute atomic E-state index is 0.0671. The lowest BCUT2D eigenvalue weighted by molar-refractivity contribution is -0.132. The monoisotopic (exact) mass is 204 g/mol. The van der Waals surface area contributed by atoms with E-state index in [1.54, 1.807) is 6.92 Å². The van der Waals surface area contributed by atoms with Gasteiger partial charge in [0.25, 0.3) is 0 Å². The molecular weight excluding hydrogens is 188 g/mol. The molecule has 1 unspecified atom stereocenters. The summed E-state index contributed by atoms with van der Waals surface area (Å²) < 4.78 is 0. The Labute approximate surface area is 84.6 Å². The molecule has 1 saturated heterocycles. The van der Waals surface area contributed by atoms with Crippen LogP contribution in [0.4, 0.5) is 0 Å². The second-order valence-corrected chi connectivity index (χ2v) is 4.03. The highest BCUT2D eigenvalue weighted by Gasteiger charge is 2.22. The Hall–Kier alpha value is -0.280. The van der Waals surface area contributed by atoms with Gasteiger partial charge in [0, 0.05) is 26.2 Å². The molecule has 1 heterocycles. The van der Waals surface area contributed by atoms with Crippen LogP contribution in [0.25, 0.3) is 0 Å². The van der Waals surface area contributed by atoms with Gasteiger partial charge in [-0.15, -0.1) is 11.6 Å². The van der Waals surface area contributed by atoms with E-state index in [0.717, 1.165) is 32.7 Å². The van der Waals surface area contributed by atoms with Gasteiger partial charge in [0.05, 0.1) is 0 Å². The number of hydrogen-bond donors (Lipinski definition) is 0. The van der Waals surface area contributed by atoms with E-state index in [1.165, 1.54) is 0 Å². The van der Waals surface area contributed by atoms with E-state index in [0.29, 0.717) is 0 Å². The van der Waals surface area contributed by atoms with E-state index in [1.807, 2.05) is 4.90 Å². The SMILES string of the molecule is CCN1CCN(C(=O)C(C)Cl)CC1. The highest BCUT2D eigenvalue weighted by molar-refractivity contribution is 6.30. The topological polar surface area (TPSA) is 23.6 Å². The molecule has 1 aliphatic rings. The van der Waals surface area contributed by atoms with Crippen molar-refractivity contribution in [1.82, 2.24) is 9.80 Å². The fourth-order valence-corrected chi connectivity index (χ4v) is 1.67. The number of amides is 1. The van der Waals surface area contributed by atoms with Crippen LogP contribution in [-0.4, -0.2) is 53.8 Å². The molecule has 0 radical (unpaired) electrons. The van der Waals surface area contributed by atoms with Crippen LogP contribution < -0.4 is 0 Å². The Kier molecular flexibility index (Phi) is 4.00. The maximum Gasteiger partial charge on any atom is 0.240 e. The summed E-state index contributed by atoms with van der Waals surface area (Å²) in [7, 11) is 0. The van der Waals surface area contributed by atoms with Crippen molar-refractivity contribution in [3.63, 3.8) is 0 Å². The Bertz CT molecular complexity index is 176. The fraction of sp³-hybridized carbons (Fsp3) is 0.889. The zero-order chi connectivity index (χ0) is 9.84. The Morgan fingerprint density at radius 3 is 2.31 bits per heavy atom. The Morgan fingerprint density at radius 1 is 1.38 bits per heavy atom. The van der Waals surface area contributed by atoms with Crippen LogP contribution in [0.2, 0.25) is 0 Å². The zero-order valence-corrected chi connectivity index (χ0v) is 9.05.